The molecule has 0 aromatic rings. The van der Waals surface area contributed by atoms with Gasteiger partial charge >= 0.3 is 0 Å². The number of nitrogens with zero attached hydrogens (tertiary/aromatic N) is 1. The molecule has 0 aromatic carbocycles. The Kier molecular flexibility index (Phi) is 5.65. The molecule has 1 saturated heterocycles. The molecule has 5 heteroatoms. The summed E-state index contributed by atoms with van der Waals surface area (Å²) in [7, 11) is 1.82. The van der Waals surface area contributed by atoms with E-state index in [1.54, 1.807) is 0 Å². The van der Waals surface area contributed by atoms with Crippen molar-refractivity contribution >= 4 is 11.7 Å². The van der Waals surface area contributed by atoms with Crippen molar-refractivity contribution in [2.45, 2.75) is 99.5 Å². The van der Waals surface area contributed by atoms with E-state index in [-0.39, 0.29) is 50.8 Å². The molecule has 39 heavy (non-hydrogen) atoms. The van der Waals surface area contributed by atoms with Crippen LogP contribution in [0.3, 0.4) is 0 Å². The fourth-order valence-corrected chi connectivity index (χ4v) is 11.4. The molecule has 6 aliphatic rings. The van der Waals surface area contributed by atoms with Crippen molar-refractivity contribution in [3.8, 4) is 6.07 Å². The largest absolute Gasteiger partial charge is 0.373 e. The van der Waals surface area contributed by atoms with Crippen molar-refractivity contribution in [3.05, 3.63) is 23.3 Å². The lowest BCUT2D eigenvalue weighted by molar-refractivity contribution is -0.215. The van der Waals surface area contributed by atoms with Gasteiger partial charge in [0.2, 0.25) is 5.91 Å². The van der Waals surface area contributed by atoms with Crippen LogP contribution in [0.1, 0.15) is 93.4 Å². The summed E-state index contributed by atoms with van der Waals surface area (Å²) < 4.78 is 6.38. The third-order valence-electron chi connectivity index (χ3n) is 13.7. The molecule has 212 valence electrons. The number of fused-ring (bicyclic) bond motifs is 9. The van der Waals surface area contributed by atoms with E-state index in [0.717, 1.165) is 51.6 Å². The van der Waals surface area contributed by atoms with Crippen LogP contribution in [-0.2, 0) is 14.3 Å². The Morgan fingerprint density at radius 3 is 2.36 bits per heavy atom. The third-order valence-corrected chi connectivity index (χ3v) is 13.7. The predicted molar refractivity (Wildman–Crippen MR) is 151 cm³/mol. The number of carbonyl (C=O) groups excluding carboxylic acids is 2. The predicted octanol–water partition coefficient (Wildman–Crippen LogP) is 6.40. The van der Waals surface area contributed by atoms with Crippen LogP contribution in [0, 0.1) is 67.5 Å². The van der Waals surface area contributed by atoms with E-state index >= 15 is 0 Å². The van der Waals surface area contributed by atoms with Crippen LogP contribution in [0.15, 0.2) is 23.3 Å². The zero-order valence-corrected chi connectivity index (χ0v) is 25.4. The van der Waals surface area contributed by atoms with Crippen molar-refractivity contribution in [2.24, 2.45) is 56.2 Å². The lowest BCUT2D eigenvalue weighted by Gasteiger charge is -2.68. The first-order chi connectivity index (χ1) is 18.1. The number of ether oxygens (including phenoxy) is 1. The van der Waals surface area contributed by atoms with E-state index < -0.39 is 5.41 Å². The van der Waals surface area contributed by atoms with E-state index in [2.05, 4.69) is 65.9 Å². The Bertz CT molecular complexity index is 1240. The van der Waals surface area contributed by atoms with Crippen LogP contribution in [-0.4, -0.2) is 31.4 Å². The number of carbonyl (C=O) groups is 2. The van der Waals surface area contributed by atoms with E-state index in [1.165, 1.54) is 5.57 Å². The molecule has 5 nitrogen and oxygen atoms in total. The second-order valence-electron chi connectivity index (χ2n) is 16.1. The smallest absolute Gasteiger partial charge is 0.226 e. The Labute approximate surface area is 235 Å². The van der Waals surface area contributed by atoms with Crippen LogP contribution >= 0.6 is 0 Å². The Hall–Kier alpha value is -1.93. The van der Waals surface area contributed by atoms with Crippen molar-refractivity contribution < 1.29 is 14.3 Å². The van der Waals surface area contributed by atoms with Gasteiger partial charge in [0, 0.05) is 23.8 Å². The van der Waals surface area contributed by atoms with Crippen LogP contribution in [0.5, 0.6) is 0 Å². The van der Waals surface area contributed by atoms with Gasteiger partial charge in [0.1, 0.15) is 6.07 Å². The zero-order valence-electron chi connectivity index (χ0n) is 25.4. The molecule has 6 rings (SSSR count). The average molecular weight is 533 g/mol. The second kappa shape index (κ2) is 8.09. The molecule has 3 unspecified atom stereocenters. The number of rotatable bonds is 1. The fraction of sp³-hybridized carbons (Fsp3) is 0.794. The summed E-state index contributed by atoms with van der Waals surface area (Å²) in [4.78, 5) is 27.1. The molecule has 0 aromatic heterocycles. The molecule has 4 fully saturated rings. The Morgan fingerprint density at radius 1 is 1.05 bits per heavy atom. The molecule has 1 heterocycles. The Balaban J connectivity index is 1.54. The van der Waals surface area contributed by atoms with E-state index in [1.807, 2.05) is 13.1 Å². The van der Waals surface area contributed by atoms with Gasteiger partial charge in [-0.3, -0.25) is 9.59 Å². The first kappa shape index (κ1) is 27.3. The van der Waals surface area contributed by atoms with Crippen molar-refractivity contribution in [1.82, 2.24) is 5.32 Å². The summed E-state index contributed by atoms with van der Waals surface area (Å²) in [6, 6.07) is 2.27. The van der Waals surface area contributed by atoms with Crippen molar-refractivity contribution in [3.63, 3.8) is 0 Å². The van der Waals surface area contributed by atoms with Gasteiger partial charge in [0.25, 0.3) is 0 Å². The number of nitriles is 1. The van der Waals surface area contributed by atoms with Gasteiger partial charge in [-0.15, -0.1) is 0 Å². The maximum absolute atomic E-state index is 13.8. The zero-order chi connectivity index (χ0) is 28.4. The summed E-state index contributed by atoms with van der Waals surface area (Å²) in [6.45, 7) is 17.0. The van der Waals surface area contributed by atoms with Gasteiger partial charge < -0.3 is 10.1 Å². The molecule has 0 bridgehead atoms. The summed E-state index contributed by atoms with van der Waals surface area (Å²) in [5, 5.41) is 13.1. The third kappa shape index (κ3) is 3.22. The van der Waals surface area contributed by atoms with Crippen LogP contribution in [0.2, 0.25) is 0 Å². The monoisotopic (exact) mass is 532 g/mol. The topological polar surface area (TPSA) is 79.2 Å². The molecule has 9 atom stereocenters. The van der Waals surface area contributed by atoms with Gasteiger partial charge in [-0.25, -0.2) is 0 Å². The van der Waals surface area contributed by atoms with Crippen LogP contribution in [0.25, 0.3) is 0 Å². The number of nitrogens with one attached hydrogen (secondary N) is 1. The highest BCUT2D eigenvalue weighted by Gasteiger charge is 2.71. The summed E-state index contributed by atoms with van der Waals surface area (Å²) in [6.07, 6.45) is 11.6. The maximum Gasteiger partial charge on any atom is 0.226 e. The minimum absolute atomic E-state index is 0.00212. The molecule has 0 spiro atoms. The van der Waals surface area contributed by atoms with Crippen LogP contribution in [0.4, 0.5) is 0 Å². The van der Waals surface area contributed by atoms with E-state index in [0.29, 0.717) is 23.3 Å². The molecule has 1 aliphatic heterocycles. The SMILES string of the molecule is CNC(=O)[C@]12CCC(C)(C)C[C@@H]1[C@H]1C3COC3C=C3[C@@]4(C)C=C(C#N)C(=O)C(C)(C)C4CC[C@@]3(C)[C@]1(C)CC2. The number of hydrogen-bond donors (Lipinski definition) is 1. The van der Waals surface area contributed by atoms with Gasteiger partial charge in [0.05, 0.1) is 23.7 Å². The molecule has 5 aliphatic carbocycles. The molecule has 1 amide bonds. The molecular formula is C34H48N2O3. The fourth-order valence-electron chi connectivity index (χ4n) is 11.4. The highest BCUT2D eigenvalue weighted by Crippen LogP contribution is 2.75. The molecule has 1 N–H and O–H groups in total. The minimum atomic E-state index is -0.586. The summed E-state index contributed by atoms with van der Waals surface area (Å²) in [5.74, 6) is 1.49. The highest BCUT2D eigenvalue weighted by atomic mass is 16.5. The number of amides is 1. The lowest BCUT2D eigenvalue weighted by atomic mass is 9.36. The van der Waals surface area contributed by atoms with Gasteiger partial charge in [-0.05, 0) is 78.9 Å². The summed E-state index contributed by atoms with van der Waals surface area (Å²) >= 11 is 0. The average Bonchev–Trinajstić information content (AvgIpc) is 2.91. The van der Waals surface area contributed by atoms with Gasteiger partial charge in [0.15, 0.2) is 5.78 Å². The quantitative estimate of drug-likeness (QED) is 0.397. The first-order valence-corrected chi connectivity index (χ1v) is 15.4. The number of ketones is 1. The standard InChI is InChI=1S/C34H48N2O3/c1-29(2)11-13-34(28(38)36-8)14-12-33(7)26(22(34)17-29)21-19-39-23(21)15-25-31(5)16-20(18-35)27(37)30(3,4)24(31)9-10-32(25,33)6/h15-16,21-24,26H,9-14,17,19H2,1-8H3,(H,36,38)/t21?,22-,23?,24?,26-,31+,32-,33-,34+/m1/s1. The first-order valence-electron chi connectivity index (χ1n) is 15.4. The van der Waals surface area contributed by atoms with Crippen molar-refractivity contribution in [2.75, 3.05) is 13.7 Å². The molecule has 0 radical (unpaired) electrons. The Morgan fingerprint density at radius 2 is 1.74 bits per heavy atom. The van der Waals surface area contributed by atoms with Crippen LogP contribution < -0.4 is 5.32 Å². The molecule has 3 saturated carbocycles. The molecular weight excluding hydrogens is 484 g/mol. The lowest BCUT2D eigenvalue weighted by Crippen LogP contribution is -2.65. The minimum Gasteiger partial charge on any atom is -0.373 e. The number of allylic oxidation sites excluding steroid dienone is 3. The van der Waals surface area contributed by atoms with Gasteiger partial charge in [-0.2, -0.15) is 5.26 Å². The van der Waals surface area contributed by atoms with E-state index in [9.17, 15) is 14.9 Å². The maximum atomic E-state index is 13.8. The van der Waals surface area contributed by atoms with Gasteiger partial charge in [-0.1, -0.05) is 66.2 Å². The van der Waals surface area contributed by atoms with E-state index in [4.69, 9.17) is 4.74 Å². The number of hydrogen-bond acceptors (Lipinski definition) is 4. The normalized spacial score (nSPS) is 49.1. The highest BCUT2D eigenvalue weighted by molar-refractivity contribution is 6.04. The summed E-state index contributed by atoms with van der Waals surface area (Å²) in [5.41, 5.74) is 0.551. The number of Topliss-reactive ketones (excluding diaryl/α,β-unsaturated/α-hetero) is 1. The van der Waals surface area contributed by atoms with Crippen molar-refractivity contribution in [1.29, 1.82) is 5.26 Å². The second-order valence-corrected chi connectivity index (χ2v) is 16.1.